The van der Waals surface area contributed by atoms with Crippen LogP contribution in [-0.4, -0.2) is 42.0 Å². The number of rotatable bonds is 9. The average molecular weight is 502 g/mol. The Bertz CT molecular complexity index is 1310. The second kappa shape index (κ2) is 11.2. The van der Waals surface area contributed by atoms with Crippen LogP contribution in [0.25, 0.3) is 5.76 Å². The Balaban J connectivity index is 1.80. The molecule has 3 aromatic rings. The summed E-state index contributed by atoms with van der Waals surface area (Å²) in [6.45, 7) is 6.89. The number of likely N-dealkylation sites (tertiary alicyclic amines) is 1. The maximum absolute atomic E-state index is 13.4. The summed E-state index contributed by atoms with van der Waals surface area (Å²) >= 11 is 0. The average Bonchev–Trinajstić information content (AvgIpc) is 3.15. The van der Waals surface area contributed by atoms with E-state index in [2.05, 4.69) is 0 Å². The number of aliphatic hydroxyl groups excluding tert-OH is 1. The Kier molecular flexibility index (Phi) is 7.82. The van der Waals surface area contributed by atoms with Crippen molar-refractivity contribution in [3.05, 3.63) is 94.6 Å². The topological polar surface area (TPSA) is 85.3 Å². The summed E-state index contributed by atoms with van der Waals surface area (Å²) in [5.74, 6) is 0.457. The summed E-state index contributed by atoms with van der Waals surface area (Å²) in [5, 5.41) is 11.4. The monoisotopic (exact) mass is 501 g/mol. The summed E-state index contributed by atoms with van der Waals surface area (Å²) < 4.78 is 16.4. The Labute approximate surface area is 216 Å². The van der Waals surface area contributed by atoms with E-state index in [4.69, 9.17) is 14.2 Å². The highest BCUT2D eigenvalue weighted by atomic mass is 16.5. The number of nitrogens with zero attached hydrogens (tertiary/aromatic N) is 1. The number of carbonyl (C=O) groups excluding carboxylic acids is 2. The molecular formula is C30H31NO6. The second-order valence-electron chi connectivity index (χ2n) is 8.69. The van der Waals surface area contributed by atoms with E-state index >= 15 is 0 Å². The lowest BCUT2D eigenvalue weighted by atomic mass is 9.94. The maximum atomic E-state index is 13.4. The lowest BCUT2D eigenvalue weighted by Crippen LogP contribution is -2.29. The molecule has 1 aliphatic heterocycles. The molecule has 0 saturated carbocycles. The Morgan fingerprint density at radius 3 is 2.14 bits per heavy atom. The number of aryl methyl sites for hydroxylation is 1. The summed E-state index contributed by atoms with van der Waals surface area (Å²) in [4.78, 5) is 28.1. The highest BCUT2D eigenvalue weighted by Crippen LogP contribution is 2.41. The molecule has 0 bridgehead atoms. The van der Waals surface area contributed by atoms with Crippen LogP contribution in [0.15, 0.2) is 72.3 Å². The Hall–Kier alpha value is -4.26. The maximum Gasteiger partial charge on any atom is 0.295 e. The van der Waals surface area contributed by atoms with Crippen molar-refractivity contribution >= 4 is 17.4 Å². The number of aliphatic hydroxyl groups is 1. The van der Waals surface area contributed by atoms with E-state index < -0.39 is 17.7 Å². The van der Waals surface area contributed by atoms with Gasteiger partial charge >= 0.3 is 0 Å². The molecule has 1 amide bonds. The lowest BCUT2D eigenvalue weighted by molar-refractivity contribution is -0.140. The number of Topliss-reactive ketones (excluding diaryl/α,β-unsaturated/α-hetero) is 1. The molecule has 1 saturated heterocycles. The molecule has 4 rings (SSSR count). The summed E-state index contributed by atoms with van der Waals surface area (Å²) in [6.07, 6.45) is 0. The van der Waals surface area contributed by atoms with Gasteiger partial charge in [-0.15, -0.1) is 0 Å². The van der Waals surface area contributed by atoms with Gasteiger partial charge in [-0.05, 0) is 79.9 Å². The number of ketones is 1. The molecule has 1 N–H and O–H groups in total. The van der Waals surface area contributed by atoms with Gasteiger partial charge in [-0.2, -0.15) is 0 Å². The first-order chi connectivity index (χ1) is 17.9. The quantitative estimate of drug-likeness (QED) is 0.239. The minimum atomic E-state index is -0.773. The van der Waals surface area contributed by atoms with Gasteiger partial charge in [-0.25, -0.2) is 0 Å². The van der Waals surface area contributed by atoms with Crippen molar-refractivity contribution in [2.75, 3.05) is 20.3 Å². The smallest absolute Gasteiger partial charge is 0.295 e. The highest BCUT2D eigenvalue weighted by molar-refractivity contribution is 6.46. The number of methoxy groups -OCH3 is 1. The van der Waals surface area contributed by atoms with Crippen molar-refractivity contribution in [3.8, 4) is 17.2 Å². The fourth-order valence-corrected chi connectivity index (χ4v) is 4.50. The summed E-state index contributed by atoms with van der Waals surface area (Å²) in [5.41, 5.74) is 2.83. The molecule has 1 atom stereocenters. The van der Waals surface area contributed by atoms with Crippen molar-refractivity contribution in [3.63, 3.8) is 0 Å². The second-order valence-corrected chi connectivity index (χ2v) is 8.69. The largest absolute Gasteiger partial charge is 0.507 e. The van der Waals surface area contributed by atoms with Gasteiger partial charge in [0.2, 0.25) is 0 Å². The number of carbonyl (C=O) groups is 2. The fourth-order valence-electron chi connectivity index (χ4n) is 4.50. The predicted molar refractivity (Wildman–Crippen MR) is 141 cm³/mol. The van der Waals surface area contributed by atoms with Crippen molar-refractivity contribution < 1.29 is 28.9 Å². The highest BCUT2D eigenvalue weighted by Gasteiger charge is 2.46. The van der Waals surface area contributed by atoms with E-state index in [0.717, 1.165) is 11.1 Å². The van der Waals surface area contributed by atoms with Crippen LogP contribution in [0.1, 0.15) is 42.1 Å². The van der Waals surface area contributed by atoms with E-state index in [9.17, 15) is 14.7 Å². The van der Waals surface area contributed by atoms with Crippen LogP contribution in [0.2, 0.25) is 0 Å². The SMILES string of the molecule is CCOc1ccc(C2/C(=C(/O)c3ccc(OCC)c(C)c3)C(=O)C(=O)N2Cc2ccc(OC)cc2)cc1. The number of hydrogen-bond acceptors (Lipinski definition) is 6. The third kappa shape index (κ3) is 5.31. The number of amides is 1. The predicted octanol–water partition coefficient (Wildman–Crippen LogP) is 5.42. The van der Waals surface area contributed by atoms with Gasteiger partial charge < -0.3 is 24.2 Å². The van der Waals surface area contributed by atoms with E-state index in [1.807, 2.05) is 45.0 Å². The van der Waals surface area contributed by atoms with Crippen LogP contribution >= 0.6 is 0 Å². The van der Waals surface area contributed by atoms with Crippen molar-refractivity contribution in [2.45, 2.75) is 33.4 Å². The normalized spacial score (nSPS) is 16.6. The van der Waals surface area contributed by atoms with Crippen LogP contribution < -0.4 is 14.2 Å². The van der Waals surface area contributed by atoms with Gasteiger partial charge in [0.25, 0.3) is 11.7 Å². The van der Waals surface area contributed by atoms with E-state index in [0.29, 0.717) is 41.6 Å². The number of benzene rings is 3. The molecule has 0 spiro atoms. The van der Waals surface area contributed by atoms with E-state index in [1.54, 1.807) is 49.6 Å². The van der Waals surface area contributed by atoms with Gasteiger partial charge in [0.1, 0.15) is 23.0 Å². The number of hydrogen-bond donors (Lipinski definition) is 1. The first-order valence-corrected chi connectivity index (χ1v) is 12.3. The fraction of sp³-hybridized carbons (Fsp3) is 0.267. The molecule has 0 radical (unpaired) electrons. The lowest BCUT2D eigenvalue weighted by Gasteiger charge is -2.26. The molecule has 3 aromatic carbocycles. The van der Waals surface area contributed by atoms with Crippen molar-refractivity contribution in [1.82, 2.24) is 4.90 Å². The Morgan fingerprint density at radius 2 is 1.54 bits per heavy atom. The zero-order valence-corrected chi connectivity index (χ0v) is 21.5. The van der Waals surface area contributed by atoms with Crippen LogP contribution in [0.5, 0.6) is 17.2 Å². The van der Waals surface area contributed by atoms with Gasteiger partial charge in [-0.3, -0.25) is 9.59 Å². The van der Waals surface area contributed by atoms with Crippen LogP contribution in [0.4, 0.5) is 0 Å². The number of ether oxygens (including phenoxy) is 3. The molecule has 1 fully saturated rings. The first kappa shape index (κ1) is 25.8. The van der Waals surface area contributed by atoms with E-state index in [1.165, 1.54) is 4.90 Å². The molecule has 0 aliphatic carbocycles. The Morgan fingerprint density at radius 1 is 0.892 bits per heavy atom. The minimum Gasteiger partial charge on any atom is -0.507 e. The van der Waals surface area contributed by atoms with Gasteiger partial charge in [0.05, 0.1) is 31.9 Å². The van der Waals surface area contributed by atoms with Gasteiger partial charge in [0, 0.05) is 12.1 Å². The summed E-state index contributed by atoms with van der Waals surface area (Å²) in [7, 11) is 1.59. The third-order valence-corrected chi connectivity index (χ3v) is 6.31. The van der Waals surface area contributed by atoms with Crippen LogP contribution in [-0.2, 0) is 16.1 Å². The van der Waals surface area contributed by atoms with Crippen molar-refractivity contribution in [1.29, 1.82) is 0 Å². The molecule has 1 unspecified atom stereocenters. The van der Waals surface area contributed by atoms with E-state index in [-0.39, 0.29) is 17.9 Å². The zero-order chi connectivity index (χ0) is 26.5. The minimum absolute atomic E-state index is 0.0474. The molecule has 1 aliphatic rings. The molecule has 37 heavy (non-hydrogen) atoms. The molecular weight excluding hydrogens is 470 g/mol. The molecule has 192 valence electrons. The van der Waals surface area contributed by atoms with Gasteiger partial charge in [0.15, 0.2) is 0 Å². The van der Waals surface area contributed by atoms with Crippen LogP contribution in [0.3, 0.4) is 0 Å². The molecule has 7 heteroatoms. The molecule has 0 aromatic heterocycles. The van der Waals surface area contributed by atoms with Gasteiger partial charge in [-0.1, -0.05) is 24.3 Å². The first-order valence-electron chi connectivity index (χ1n) is 12.3. The standard InChI is InChI=1S/C30H31NO6/c1-5-36-24-14-9-21(10-15-24)27-26(28(32)22-11-16-25(37-6-2)19(3)17-22)29(33)30(34)31(27)18-20-7-12-23(35-4)13-8-20/h7-17,27,32H,5-6,18H2,1-4H3/b28-26-. The third-order valence-electron chi connectivity index (χ3n) is 6.31. The van der Waals surface area contributed by atoms with Crippen LogP contribution in [0, 0.1) is 6.92 Å². The molecule has 1 heterocycles. The zero-order valence-electron chi connectivity index (χ0n) is 21.5. The summed E-state index contributed by atoms with van der Waals surface area (Å²) in [6, 6.07) is 19.0. The van der Waals surface area contributed by atoms with Crippen molar-refractivity contribution in [2.24, 2.45) is 0 Å². The molecule has 7 nitrogen and oxygen atoms in total.